The highest BCUT2D eigenvalue weighted by Crippen LogP contribution is 2.39. The van der Waals surface area contributed by atoms with Gasteiger partial charge in [0.05, 0.1) is 0 Å². The Balaban J connectivity index is 1.31. The van der Waals surface area contributed by atoms with Crippen LogP contribution in [0, 0.1) is 0 Å². The maximum Gasteiger partial charge on any atom is 0.249 e. The highest BCUT2D eigenvalue weighted by atomic mass is 16.5. The highest BCUT2D eigenvalue weighted by molar-refractivity contribution is 5.77. The molecular weight excluding hydrogens is 316 g/mol. The minimum atomic E-state index is -0.000154. The van der Waals surface area contributed by atoms with E-state index in [0.717, 1.165) is 44.8 Å². The van der Waals surface area contributed by atoms with Crippen LogP contribution in [-0.2, 0) is 4.79 Å². The Morgan fingerprint density at radius 2 is 1.76 bits per heavy atom. The van der Waals surface area contributed by atoms with Gasteiger partial charge in [0.1, 0.15) is 6.04 Å². The van der Waals surface area contributed by atoms with E-state index in [1.165, 1.54) is 44.9 Å². The molecule has 6 heteroatoms. The van der Waals surface area contributed by atoms with Crippen molar-refractivity contribution < 1.29 is 9.32 Å². The fourth-order valence-electron chi connectivity index (χ4n) is 4.15. The van der Waals surface area contributed by atoms with Crippen molar-refractivity contribution in [3.05, 3.63) is 11.7 Å². The number of aromatic nitrogens is 2. The van der Waals surface area contributed by atoms with Crippen LogP contribution in [0.4, 0.5) is 0 Å². The first-order valence-electron chi connectivity index (χ1n) is 10.2. The lowest BCUT2D eigenvalue weighted by atomic mass is 10.1. The minimum absolute atomic E-state index is 0.000154. The Kier molecular flexibility index (Phi) is 5.34. The van der Waals surface area contributed by atoms with Crippen molar-refractivity contribution in [3.8, 4) is 0 Å². The summed E-state index contributed by atoms with van der Waals surface area (Å²) in [4.78, 5) is 21.8. The lowest BCUT2D eigenvalue weighted by Gasteiger charge is -2.26. The minimum Gasteiger partial charge on any atom is -0.337 e. The van der Waals surface area contributed by atoms with Gasteiger partial charge in [0.25, 0.3) is 0 Å². The van der Waals surface area contributed by atoms with Crippen molar-refractivity contribution in [2.45, 2.75) is 76.2 Å². The zero-order valence-corrected chi connectivity index (χ0v) is 15.2. The third kappa shape index (κ3) is 4.22. The highest BCUT2D eigenvalue weighted by Gasteiger charge is 2.36. The Labute approximate surface area is 149 Å². The number of likely N-dealkylation sites (tertiary alicyclic amines) is 2. The second kappa shape index (κ2) is 7.85. The van der Waals surface area contributed by atoms with Crippen molar-refractivity contribution in [2.75, 3.05) is 26.2 Å². The van der Waals surface area contributed by atoms with Gasteiger partial charge in [0, 0.05) is 25.4 Å². The zero-order chi connectivity index (χ0) is 17.1. The van der Waals surface area contributed by atoms with Crippen molar-refractivity contribution >= 4 is 5.91 Å². The van der Waals surface area contributed by atoms with Crippen LogP contribution >= 0.6 is 0 Å². The molecule has 1 atom stereocenters. The number of amides is 1. The number of rotatable bonds is 5. The molecule has 6 nitrogen and oxygen atoms in total. The van der Waals surface area contributed by atoms with Crippen LogP contribution < -0.4 is 0 Å². The van der Waals surface area contributed by atoms with Gasteiger partial charge in [0.15, 0.2) is 5.82 Å². The van der Waals surface area contributed by atoms with Gasteiger partial charge >= 0.3 is 0 Å². The topological polar surface area (TPSA) is 62.5 Å². The number of hydrogen-bond donors (Lipinski definition) is 0. The van der Waals surface area contributed by atoms with E-state index in [2.05, 4.69) is 15.0 Å². The van der Waals surface area contributed by atoms with Crippen LogP contribution in [0.15, 0.2) is 4.52 Å². The molecule has 138 valence electrons. The summed E-state index contributed by atoms with van der Waals surface area (Å²) in [7, 11) is 0. The molecule has 1 saturated carbocycles. The Bertz CT molecular complexity index is 576. The molecule has 1 aliphatic carbocycles. The number of carbonyl (C=O) groups excluding carboxylic acids is 1. The summed E-state index contributed by atoms with van der Waals surface area (Å²) >= 11 is 0. The van der Waals surface area contributed by atoms with E-state index in [9.17, 15) is 4.79 Å². The third-order valence-electron chi connectivity index (χ3n) is 5.85. The third-order valence-corrected chi connectivity index (χ3v) is 5.85. The van der Waals surface area contributed by atoms with Crippen LogP contribution in [0.25, 0.3) is 0 Å². The standard InChI is InChI=1S/C19H30N4O2/c24-17(10-14-22-11-4-2-1-3-5-12-22)23-13-6-7-16(23)19-20-18(21-25-19)15-8-9-15/h15-16H,1-14H2/t16-/m0/s1. The molecule has 0 unspecified atom stereocenters. The van der Waals surface area contributed by atoms with E-state index in [1.807, 2.05) is 4.90 Å². The summed E-state index contributed by atoms with van der Waals surface area (Å²) in [6.07, 6.45) is 11.5. The smallest absolute Gasteiger partial charge is 0.249 e. The van der Waals surface area contributed by atoms with Crippen molar-refractivity contribution in [3.63, 3.8) is 0 Å². The maximum absolute atomic E-state index is 12.8. The molecule has 3 heterocycles. The summed E-state index contributed by atoms with van der Waals surface area (Å²) < 4.78 is 5.49. The molecular formula is C19H30N4O2. The molecule has 0 aromatic carbocycles. The molecule has 0 N–H and O–H groups in total. The molecule has 2 aliphatic heterocycles. The van der Waals surface area contributed by atoms with Crippen LogP contribution in [0.2, 0.25) is 0 Å². The fraction of sp³-hybridized carbons (Fsp3) is 0.842. The van der Waals surface area contributed by atoms with E-state index in [1.54, 1.807) is 0 Å². The Morgan fingerprint density at radius 1 is 1.00 bits per heavy atom. The predicted octanol–water partition coefficient (Wildman–Crippen LogP) is 3.27. The molecule has 1 aromatic heterocycles. The quantitative estimate of drug-likeness (QED) is 0.819. The normalized spacial score (nSPS) is 25.8. The van der Waals surface area contributed by atoms with E-state index in [0.29, 0.717) is 18.2 Å². The molecule has 3 aliphatic rings. The van der Waals surface area contributed by atoms with E-state index >= 15 is 0 Å². The van der Waals surface area contributed by atoms with Crippen molar-refractivity contribution in [1.82, 2.24) is 19.9 Å². The molecule has 25 heavy (non-hydrogen) atoms. The monoisotopic (exact) mass is 346 g/mol. The van der Waals surface area contributed by atoms with Gasteiger partial charge < -0.3 is 14.3 Å². The molecule has 0 radical (unpaired) electrons. The van der Waals surface area contributed by atoms with Gasteiger partial charge in [-0.15, -0.1) is 0 Å². The second-order valence-electron chi connectivity index (χ2n) is 7.87. The van der Waals surface area contributed by atoms with Crippen LogP contribution in [0.5, 0.6) is 0 Å². The summed E-state index contributed by atoms with van der Waals surface area (Å²) in [5, 5.41) is 4.12. The van der Waals surface area contributed by atoms with Crippen LogP contribution in [-0.4, -0.2) is 52.0 Å². The number of hydrogen-bond acceptors (Lipinski definition) is 5. The molecule has 0 spiro atoms. The van der Waals surface area contributed by atoms with Gasteiger partial charge in [-0.3, -0.25) is 4.79 Å². The molecule has 3 fully saturated rings. The average Bonchev–Trinajstić information content (AvgIpc) is 3.12. The SMILES string of the molecule is O=C(CCN1CCCCCCC1)N1CCC[C@H]1c1nc(C2CC2)no1. The maximum atomic E-state index is 12.8. The number of carbonyl (C=O) groups is 1. The largest absolute Gasteiger partial charge is 0.337 e. The van der Waals surface area contributed by atoms with Gasteiger partial charge in [-0.2, -0.15) is 4.98 Å². The van der Waals surface area contributed by atoms with E-state index in [4.69, 9.17) is 4.52 Å². The van der Waals surface area contributed by atoms with E-state index in [-0.39, 0.29) is 11.9 Å². The van der Waals surface area contributed by atoms with Crippen molar-refractivity contribution in [1.29, 1.82) is 0 Å². The van der Waals surface area contributed by atoms with Gasteiger partial charge in [-0.1, -0.05) is 24.4 Å². The molecule has 1 amide bonds. The number of nitrogens with zero attached hydrogens (tertiary/aromatic N) is 4. The van der Waals surface area contributed by atoms with Gasteiger partial charge in [-0.25, -0.2) is 0 Å². The lowest BCUT2D eigenvalue weighted by molar-refractivity contribution is -0.133. The fourth-order valence-corrected chi connectivity index (χ4v) is 4.15. The summed E-state index contributed by atoms with van der Waals surface area (Å²) in [6.45, 7) is 4.00. The van der Waals surface area contributed by atoms with E-state index < -0.39 is 0 Å². The molecule has 0 bridgehead atoms. The molecule has 4 rings (SSSR count). The Morgan fingerprint density at radius 3 is 2.52 bits per heavy atom. The molecule has 2 saturated heterocycles. The summed E-state index contributed by atoms with van der Waals surface area (Å²) in [5.74, 6) is 2.24. The Hall–Kier alpha value is -1.43. The average molecular weight is 346 g/mol. The van der Waals surface area contributed by atoms with Crippen LogP contribution in [0.3, 0.4) is 0 Å². The van der Waals surface area contributed by atoms with Crippen molar-refractivity contribution in [2.24, 2.45) is 0 Å². The zero-order valence-electron chi connectivity index (χ0n) is 15.2. The van der Waals surface area contributed by atoms with Gasteiger partial charge in [0.2, 0.25) is 11.8 Å². The summed E-state index contributed by atoms with van der Waals surface area (Å²) in [5.41, 5.74) is 0. The van der Waals surface area contributed by atoms with Crippen LogP contribution in [0.1, 0.15) is 87.9 Å². The van der Waals surface area contributed by atoms with Gasteiger partial charge in [-0.05, 0) is 51.6 Å². The first-order valence-corrected chi connectivity index (χ1v) is 10.2. The summed E-state index contributed by atoms with van der Waals surface area (Å²) in [6, 6.07) is -0.000154. The lowest BCUT2D eigenvalue weighted by Crippen LogP contribution is -2.35. The second-order valence-corrected chi connectivity index (χ2v) is 7.87. The molecule has 1 aromatic rings. The first kappa shape index (κ1) is 17.0. The predicted molar refractivity (Wildman–Crippen MR) is 94.1 cm³/mol. The first-order chi connectivity index (χ1) is 12.3.